The molecule has 0 amide bonds. The molecule has 3 heteroatoms. The SMILES string of the molecule is CCCOc1ccc(Cc2ccc(N3C=NCC3)cc2)cc1. The Balaban J connectivity index is 1.61. The van der Waals surface area contributed by atoms with E-state index < -0.39 is 0 Å². The maximum Gasteiger partial charge on any atom is 0.119 e. The van der Waals surface area contributed by atoms with Gasteiger partial charge in [0.15, 0.2) is 0 Å². The Hall–Kier alpha value is -2.29. The van der Waals surface area contributed by atoms with Gasteiger partial charge in [-0.25, -0.2) is 0 Å². The Bertz CT molecular complexity index is 617. The summed E-state index contributed by atoms with van der Waals surface area (Å²) in [5.41, 5.74) is 3.84. The van der Waals surface area contributed by atoms with Gasteiger partial charge in [-0.2, -0.15) is 0 Å². The molecule has 2 aromatic rings. The molecule has 0 saturated carbocycles. The summed E-state index contributed by atoms with van der Waals surface area (Å²) in [5, 5.41) is 0. The molecule has 1 aliphatic heterocycles. The first kappa shape index (κ1) is 14.6. The molecule has 0 radical (unpaired) electrons. The number of hydrogen-bond acceptors (Lipinski definition) is 3. The molecule has 22 heavy (non-hydrogen) atoms. The Kier molecular flexibility index (Phi) is 4.74. The smallest absolute Gasteiger partial charge is 0.119 e. The number of ether oxygens (including phenoxy) is 1. The summed E-state index contributed by atoms with van der Waals surface area (Å²) in [4.78, 5) is 6.43. The van der Waals surface area contributed by atoms with E-state index in [-0.39, 0.29) is 0 Å². The first-order chi connectivity index (χ1) is 10.8. The fourth-order valence-corrected chi connectivity index (χ4v) is 2.54. The van der Waals surface area contributed by atoms with Crippen molar-refractivity contribution >= 4 is 12.0 Å². The van der Waals surface area contributed by atoms with E-state index in [0.29, 0.717) is 0 Å². The quantitative estimate of drug-likeness (QED) is 0.807. The molecule has 0 spiro atoms. The lowest BCUT2D eigenvalue weighted by Gasteiger charge is -2.14. The minimum atomic E-state index is 0.778. The summed E-state index contributed by atoms with van der Waals surface area (Å²) in [5.74, 6) is 0.953. The average molecular weight is 294 g/mol. The van der Waals surface area contributed by atoms with E-state index in [1.807, 2.05) is 6.34 Å². The van der Waals surface area contributed by atoms with Crippen LogP contribution in [0.2, 0.25) is 0 Å². The van der Waals surface area contributed by atoms with E-state index in [9.17, 15) is 0 Å². The number of aliphatic imine (C=N–C) groups is 1. The minimum absolute atomic E-state index is 0.778. The molecule has 0 atom stereocenters. The second kappa shape index (κ2) is 7.12. The third-order valence-corrected chi connectivity index (χ3v) is 3.76. The highest BCUT2D eigenvalue weighted by Crippen LogP contribution is 2.19. The molecule has 1 aliphatic rings. The van der Waals surface area contributed by atoms with Gasteiger partial charge in [-0.3, -0.25) is 4.99 Å². The first-order valence-corrected chi connectivity index (χ1v) is 7.92. The van der Waals surface area contributed by atoms with Gasteiger partial charge < -0.3 is 9.64 Å². The van der Waals surface area contributed by atoms with Crippen molar-refractivity contribution < 1.29 is 4.74 Å². The summed E-state index contributed by atoms with van der Waals surface area (Å²) in [6.07, 6.45) is 3.91. The molecular formula is C19H22N2O. The van der Waals surface area contributed by atoms with Crippen LogP contribution >= 0.6 is 0 Å². The van der Waals surface area contributed by atoms with Gasteiger partial charge in [0.2, 0.25) is 0 Å². The van der Waals surface area contributed by atoms with Crippen LogP contribution in [-0.2, 0) is 6.42 Å². The zero-order valence-corrected chi connectivity index (χ0v) is 13.0. The van der Waals surface area contributed by atoms with E-state index in [1.165, 1.54) is 16.8 Å². The monoisotopic (exact) mass is 294 g/mol. The molecule has 0 bridgehead atoms. The highest BCUT2D eigenvalue weighted by atomic mass is 16.5. The molecular weight excluding hydrogens is 272 g/mol. The molecule has 114 valence electrons. The predicted octanol–water partition coefficient (Wildman–Crippen LogP) is 3.91. The van der Waals surface area contributed by atoms with Crippen LogP contribution < -0.4 is 9.64 Å². The van der Waals surface area contributed by atoms with Crippen LogP contribution in [0.15, 0.2) is 53.5 Å². The zero-order chi connectivity index (χ0) is 15.2. The third-order valence-electron chi connectivity index (χ3n) is 3.76. The summed E-state index contributed by atoms with van der Waals surface area (Å²) >= 11 is 0. The second-order valence-corrected chi connectivity index (χ2v) is 5.55. The molecule has 0 saturated heterocycles. The second-order valence-electron chi connectivity index (χ2n) is 5.55. The van der Waals surface area contributed by atoms with Crippen molar-refractivity contribution in [2.75, 3.05) is 24.6 Å². The fourth-order valence-electron chi connectivity index (χ4n) is 2.54. The Morgan fingerprint density at radius 2 is 1.68 bits per heavy atom. The predicted molar refractivity (Wildman–Crippen MR) is 92.2 cm³/mol. The molecule has 1 heterocycles. The van der Waals surface area contributed by atoms with Gasteiger partial charge in [-0.1, -0.05) is 31.2 Å². The van der Waals surface area contributed by atoms with Crippen LogP contribution in [0, 0.1) is 0 Å². The van der Waals surface area contributed by atoms with Gasteiger partial charge in [0.25, 0.3) is 0 Å². The van der Waals surface area contributed by atoms with Crippen LogP contribution in [-0.4, -0.2) is 26.0 Å². The lowest BCUT2D eigenvalue weighted by atomic mass is 10.0. The maximum absolute atomic E-state index is 5.62. The van der Waals surface area contributed by atoms with Crippen LogP contribution in [0.4, 0.5) is 5.69 Å². The van der Waals surface area contributed by atoms with Crippen molar-refractivity contribution in [3.05, 3.63) is 59.7 Å². The normalized spacial score (nSPS) is 13.6. The van der Waals surface area contributed by atoms with Crippen molar-refractivity contribution in [1.29, 1.82) is 0 Å². The van der Waals surface area contributed by atoms with Crippen LogP contribution in [0.25, 0.3) is 0 Å². The molecule has 0 N–H and O–H groups in total. The van der Waals surface area contributed by atoms with Crippen LogP contribution in [0.1, 0.15) is 24.5 Å². The highest BCUT2D eigenvalue weighted by molar-refractivity contribution is 5.80. The topological polar surface area (TPSA) is 24.8 Å². The number of rotatable bonds is 6. The number of anilines is 1. The van der Waals surface area contributed by atoms with Crippen molar-refractivity contribution in [3.8, 4) is 5.75 Å². The first-order valence-electron chi connectivity index (χ1n) is 7.92. The van der Waals surface area contributed by atoms with Crippen molar-refractivity contribution in [2.45, 2.75) is 19.8 Å². The third kappa shape index (κ3) is 3.67. The maximum atomic E-state index is 5.62. The van der Waals surface area contributed by atoms with Crippen molar-refractivity contribution in [1.82, 2.24) is 0 Å². The molecule has 3 nitrogen and oxygen atoms in total. The Morgan fingerprint density at radius 3 is 2.27 bits per heavy atom. The van der Waals surface area contributed by atoms with Gasteiger partial charge in [0.1, 0.15) is 5.75 Å². The van der Waals surface area contributed by atoms with Crippen LogP contribution in [0.5, 0.6) is 5.75 Å². The van der Waals surface area contributed by atoms with Gasteiger partial charge >= 0.3 is 0 Å². The van der Waals surface area contributed by atoms with E-state index in [2.05, 4.69) is 65.3 Å². The van der Waals surface area contributed by atoms with E-state index >= 15 is 0 Å². The molecule has 0 aromatic heterocycles. The lowest BCUT2D eigenvalue weighted by Crippen LogP contribution is -2.17. The number of benzene rings is 2. The van der Waals surface area contributed by atoms with E-state index in [4.69, 9.17) is 4.74 Å². The molecule has 0 fully saturated rings. The number of nitrogens with zero attached hydrogens (tertiary/aromatic N) is 2. The summed E-state index contributed by atoms with van der Waals surface area (Å²) in [6, 6.07) is 17.1. The molecule has 3 rings (SSSR count). The summed E-state index contributed by atoms with van der Waals surface area (Å²) in [6.45, 7) is 4.78. The van der Waals surface area contributed by atoms with E-state index in [1.54, 1.807) is 0 Å². The summed E-state index contributed by atoms with van der Waals surface area (Å²) in [7, 11) is 0. The van der Waals surface area contributed by atoms with Gasteiger partial charge in [0, 0.05) is 12.2 Å². The molecule has 0 aliphatic carbocycles. The Morgan fingerprint density at radius 1 is 1.00 bits per heavy atom. The van der Waals surface area contributed by atoms with Gasteiger partial charge in [-0.15, -0.1) is 0 Å². The number of hydrogen-bond donors (Lipinski definition) is 0. The van der Waals surface area contributed by atoms with Crippen molar-refractivity contribution in [2.24, 2.45) is 4.99 Å². The Labute approximate surface area is 132 Å². The van der Waals surface area contributed by atoms with Gasteiger partial charge in [0.05, 0.1) is 19.5 Å². The molecule has 0 unspecified atom stereocenters. The largest absolute Gasteiger partial charge is 0.494 e. The minimum Gasteiger partial charge on any atom is -0.494 e. The zero-order valence-electron chi connectivity index (χ0n) is 13.0. The highest BCUT2D eigenvalue weighted by Gasteiger charge is 2.07. The molecule has 2 aromatic carbocycles. The van der Waals surface area contributed by atoms with Crippen molar-refractivity contribution in [3.63, 3.8) is 0 Å². The fraction of sp³-hybridized carbons (Fsp3) is 0.316. The van der Waals surface area contributed by atoms with Gasteiger partial charge in [-0.05, 0) is 48.2 Å². The standard InChI is InChI=1S/C19H22N2O/c1-2-13-22-19-9-5-17(6-10-19)14-16-3-7-18(8-4-16)21-12-11-20-15-21/h3-10,15H,2,11-14H2,1H3. The lowest BCUT2D eigenvalue weighted by molar-refractivity contribution is 0.317. The van der Waals surface area contributed by atoms with E-state index in [0.717, 1.165) is 38.3 Å². The average Bonchev–Trinajstić information content (AvgIpc) is 3.09. The van der Waals surface area contributed by atoms with Crippen LogP contribution in [0.3, 0.4) is 0 Å². The summed E-state index contributed by atoms with van der Waals surface area (Å²) < 4.78 is 5.62.